The molecule has 2 heterocycles. The fourth-order valence-electron chi connectivity index (χ4n) is 3.95. The Hall–Kier alpha value is -3.56. The number of sulfonamides is 1. The van der Waals surface area contributed by atoms with E-state index in [4.69, 9.17) is 4.98 Å². The molecule has 1 N–H and O–H groups in total. The first-order valence-electron chi connectivity index (χ1n) is 11.3. The molecular weight excluding hydrogens is 462 g/mol. The summed E-state index contributed by atoms with van der Waals surface area (Å²) in [5, 5.41) is 8.01. The molecule has 2 aromatic heterocycles. The molecule has 4 aromatic rings. The van der Waals surface area contributed by atoms with Gasteiger partial charge >= 0.3 is 0 Å². The number of amides is 1. The molecule has 0 bridgehead atoms. The van der Waals surface area contributed by atoms with Gasteiger partial charge in [-0.15, -0.1) is 0 Å². The number of nitrogens with zero attached hydrogens (tertiary/aromatic N) is 4. The fraction of sp³-hybridized carbons (Fsp3) is 0.269. The number of benzene rings is 2. The molecule has 35 heavy (non-hydrogen) atoms. The molecule has 9 heteroatoms. The highest BCUT2D eigenvalue weighted by molar-refractivity contribution is 7.89. The maximum Gasteiger partial charge on any atom is 0.252 e. The molecule has 182 valence electrons. The van der Waals surface area contributed by atoms with Crippen molar-refractivity contribution in [1.82, 2.24) is 24.4 Å². The van der Waals surface area contributed by atoms with Crippen molar-refractivity contribution >= 4 is 27.0 Å². The highest BCUT2D eigenvalue weighted by Crippen LogP contribution is 2.28. The lowest BCUT2D eigenvalue weighted by molar-refractivity contribution is 0.0952. The van der Waals surface area contributed by atoms with Gasteiger partial charge in [-0.2, -0.15) is 5.10 Å². The SMILES string of the molecule is Cc1ccccc1-c1cc(C(=O)NCc2ccccc2S(=O)(=O)N(C)C)c2cnn(C(C)C)c2n1. The number of nitrogens with one attached hydrogen (secondary N) is 1. The van der Waals surface area contributed by atoms with Crippen LogP contribution in [-0.4, -0.2) is 47.5 Å². The number of aromatic nitrogens is 3. The van der Waals surface area contributed by atoms with Crippen LogP contribution >= 0.6 is 0 Å². The van der Waals surface area contributed by atoms with Crippen LogP contribution in [0.4, 0.5) is 0 Å². The second-order valence-corrected chi connectivity index (χ2v) is 11.0. The zero-order chi connectivity index (χ0) is 25.3. The smallest absolute Gasteiger partial charge is 0.252 e. The van der Waals surface area contributed by atoms with Crippen LogP contribution in [0.25, 0.3) is 22.3 Å². The average molecular weight is 492 g/mol. The normalized spacial score (nSPS) is 12.0. The highest BCUT2D eigenvalue weighted by atomic mass is 32.2. The van der Waals surface area contributed by atoms with Gasteiger partial charge in [-0.05, 0) is 44.0 Å². The van der Waals surface area contributed by atoms with Crippen LogP contribution in [0.2, 0.25) is 0 Å². The zero-order valence-electron chi connectivity index (χ0n) is 20.5. The van der Waals surface area contributed by atoms with Crippen molar-refractivity contribution < 1.29 is 13.2 Å². The Kier molecular flexibility index (Phi) is 6.73. The Balaban J connectivity index is 1.75. The summed E-state index contributed by atoms with van der Waals surface area (Å²) in [6, 6.07) is 16.4. The first kappa shape index (κ1) is 24.6. The largest absolute Gasteiger partial charge is 0.348 e. The Morgan fingerprint density at radius 3 is 2.46 bits per heavy atom. The summed E-state index contributed by atoms with van der Waals surface area (Å²) >= 11 is 0. The zero-order valence-corrected chi connectivity index (χ0v) is 21.3. The number of hydrogen-bond acceptors (Lipinski definition) is 5. The number of aryl methyl sites for hydroxylation is 1. The van der Waals surface area contributed by atoms with Gasteiger partial charge in [0.1, 0.15) is 0 Å². The van der Waals surface area contributed by atoms with Crippen molar-refractivity contribution in [2.45, 2.75) is 38.3 Å². The van der Waals surface area contributed by atoms with Crippen molar-refractivity contribution in [2.24, 2.45) is 0 Å². The van der Waals surface area contributed by atoms with E-state index < -0.39 is 10.0 Å². The van der Waals surface area contributed by atoms with Crippen LogP contribution in [0.3, 0.4) is 0 Å². The predicted octanol–water partition coefficient (Wildman–Crippen LogP) is 4.17. The van der Waals surface area contributed by atoms with E-state index in [2.05, 4.69) is 10.4 Å². The quantitative estimate of drug-likeness (QED) is 0.419. The summed E-state index contributed by atoms with van der Waals surface area (Å²) < 4.78 is 28.4. The second kappa shape index (κ2) is 9.59. The molecule has 4 rings (SSSR count). The van der Waals surface area contributed by atoms with Gasteiger partial charge in [0, 0.05) is 32.2 Å². The van der Waals surface area contributed by atoms with Crippen molar-refractivity contribution in [1.29, 1.82) is 0 Å². The van der Waals surface area contributed by atoms with E-state index in [9.17, 15) is 13.2 Å². The maximum absolute atomic E-state index is 13.4. The molecule has 0 atom stereocenters. The van der Waals surface area contributed by atoms with E-state index >= 15 is 0 Å². The van der Waals surface area contributed by atoms with Gasteiger partial charge in [0.15, 0.2) is 5.65 Å². The minimum absolute atomic E-state index is 0.0594. The van der Waals surface area contributed by atoms with Crippen LogP contribution in [0.15, 0.2) is 65.7 Å². The van der Waals surface area contributed by atoms with Gasteiger partial charge in [0.25, 0.3) is 5.91 Å². The molecule has 1 amide bonds. The molecule has 0 spiro atoms. The lowest BCUT2D eigenvalue weighted by Crippen LogP contribution is -2.27. The first-order chi connectivity index (χ1) is 16.6. The van der Waals surface area contributed by atoms with E-state index in [0.717, 1.165) is 15.4 Å². The first-order valence-corrected chi connectivity index (χ1v) is 12.8. The van der Waals surface area contributed by atoms with Crippen LogP contribution in [0.5, 0.6) is 0 Å². The van der Waals surface area contributed by atoms with E-state index in [1.54, 1.807) is 41.2 Å². The molecule has 0 unspecified atom stereocenters. The third-order valence-corrected chi connectivity index (χ3v) is 7.81. The van der Waals surface area contributed by atoms with Crippen LogP contribution in [0, 0.1) is 6.92 Å². The number of rotatable bonds is 7. The molecule has 0 fully saturated rings. The lowest BCUT2D eigenvalue weighted by Gasteiger charge is -2.16. The average Bonchev–Trinajstić information content (AvgIpc) is 3.26. The molecule has 0 radical (unpaired) electrons. The summed E-state index contributed by atoms with van der Waals surface area (Å²) in [4.78, 5) is 18.5. The summed E-state index contributed by atoms with van der Waals surface area (Å²) in [5.41, 5.74) is 4.23. The van der Waals surface area contributed by atoms with E-state index in [1.165, 1.54) is 14.1 Å². The molecule has 0 aliphatic rings. The van der Waals surface area contributed by atoms with E-state index in [-0.39, 0.29) is 23.4 Å². The van der Waals surface area contributed by atoms with E-state index in [0.29, 0.717) is 27.9 Å². The van der Waals surface area contributed by atoms with Crippen molar-refractivity contribution in [3.63, 3.8) is 0 Å². The van der Waals surface area contributed by atoms with Crippen LogP contribution in [0.1, 0.15) is 41.4 Å². The highest BCUT2D eigenvalue weighted by Gasteiger charge is 2.22. The molecule has 0 aliphatic carbocycles. The van der Waals surface area contributed by atoms with Gasteiger partial charge in [-0.25, -0.2) is 22.4 Å². The molecule has 0 saturated carbocycles. The number of pyridine rings is 1. The number of carbonyl (C=O) groups excluding carboxylic acids is 1. The van der Waals surface area contributed by atoms with Crippen LogP contribution < -0.4 is 5.32 Å². The van der Waals surface area contributed by atoms with Crippen molar-refractivity contribution in [3.8, 4) is 11.3 Å². The van der Waals surface area contributed by atoms with Gasteiger partial charge in [0.2, 0.25) is 10.0 Å². The van der Waals surface area contributed by atoms with E-state index in [1.807, 2.05) is 45.0 Å². The molecule has 2 aromatic carbocycles. The summed E-state index contributed by atoms with van der Waals surface area (Å²) in [6.07, 6.45) is 1.66. The number of carbonyl (C=O) groups is 1. The van der Waals surface area contributed by atoms with Crippen molar-refractivity contribution in [2.75, 3.05) is 14.1 Å². The Morgan fingerprint density at radius 2 is 1.77 bits per heavy atom. The molecular formula is C26H29N5O3S. The summed E-state index contributed by atoms with van der Waals surface area (Å²) in [7, 11) is -0.682. The number of hydrogen-bond donors (Lipinski definition) is 1. The molecule has 0 aliphatic heterocycles. The molecule has 8 nitrogen and oxygen atoms in total. The fourth-order valence-corrected chi connectivity index (χ4v) is 5.07. The van der Waals surface area contributed by atoms with Gasteiger partial charge in [-0.1, -0.05) is 42.5 Å². The standard InChI is InChI=1S/C26H29N5O3S/c1-17(2)31-25-22(16-28-31)21(14-23(29-25)20-12-8-6-10-18(20)3)26(32)27-15-19-11-7-9-13-24(19)35(33,34)30(4)5/h6-14,16-17H,15H2,1-5H3,(H,27,32). The number of fused-ring (bicyclic) bond motifs is 1. The predicted molar refractivity (Wildman–Crippen MR) is 137 cm³/mol. The molecule has 0 saturated heterocycles. The van der Waals surface area contributed by atoms with Gasteiger partial charge in [0.05, 0.1) is 27.7 Å². The maximum atomic E-state index is 13.4. The van der Waals surface area contributed by atoms with Crippen molar-refractivity contribution in [3.05, 3.63) is 77.5 Å². The lowest BCUT2D eigenvalue weighted by atomic mass is 10.0. The third kappa shape index (κ3) is 4.69. The topological polar surface area (TPSA) is 97.2 Å². The third-order valence-electron chi connectivity index (χ3n) is 5.89. The monoisotopic (exact) mass is 491 g/mol. The Morgan fingerprint density at radius 1 is 1.09 bits per heavy atom. The summed E-state index contributed by atoms with van der Waals surface area (Å²) in [6.45, 7) is 6.08. The van der Waals surface area contributed by atoms with Gasteiger partial charge in [-0.3, -0.25) is 4.79 Å². The van der Waals surface area contributed by atoms with Gasteiger partial charge < -0.3 is 5.32 Å². The minimum Gasteiger partial charge on any atom is -0.348 e. The van der Waals surface area contributed by atoms with Crippen LogP contribution in [-0.2, 0) is 16.6 Å². The Bertz CT molecular complexity index is 1510. The summed E-state index contributed by atoms with van der Waals surface area (Å²) in [5.74, 6) is -0.326. The minimum atomic E-state index is -3.65. The second-order valence-electron chi connectivity index (χ2n) is 8.87. The Labute approximate surface area is 205 Å².